The molecule has 0 unspecified atom stereocenters. The first-order valence-corrected chi connectivity index (χ1v) is 5.79. The van der Waals surface area contributed by atoms with Crippen LogP contribution in [-0.4, -0.2) is 67.5 Å². The quantitative estimate of drug-likeness (QED) is 0.765. The summed E-state index contributed by atoms with van der Waals surface area (Å²) in [5, 5.41) is 7.31. The largest absolute Gasteiger partial charge is 0.344 e. The minimum absolute atomic E-state index is 0.630. The molecule has 0 bridgehead atoms. The van der Waals surface area contributed by atoms with E-state index in [2.05, 4.69) is 25.7 Å². The summed E-state index contributed by atoms with van der Waals surface area (Å²) in [6.45, 7) is 12.1. The van der Waals surface area contributed by atoms with Crippen LogP contribution < -0.4 is 0 Å². The molecule has 1 rings (SSSR count). The zero-order valence-electron chi connectivity index (χ0n) is 10.9. The normalized spacial score (nSPS) is 15.7. The van der Waals surface area contributed by atoms with Crippen LogP contribution in [0.25, 0.3) is 0 Å². The highest BCUT2D eigenvalue weighted by atomic mass is 15.4. The first-order chi connectivity index (χ1) is 7.06. The van der Waals surface area contributed by atoms with E-state index >= 15 is 0 Å². The van der Waals surface area contributed by atoms with Crippen LogP contribution in [0.2, 0.25) is 0 Å². The monoisotopic (exact) mass is 214 g/mol. The fourth-order valence-corrected chi connectivity index (χ4v) is 1.47. The SMILES string of the molecule is CCN(CC)CC.CN1CCN(C)C1=N. The molecule has 4 heteroatoms. The highest BCUT2D eigenvalue weighted by molar-refractivity contribution is 5.78. The molecule has 4 nitrogen and oxygen atoms in total. The maximum atomic E-state index is 7.31. The molecule has 1 heterocycles. The van der Waals surface area contributed by atoms with Crippen LogP contribution in [0.1, 0.15) is 20.8 Å². The zero-order valence-corrected chi connectivity index (χ0v) is 10.9. The summed E-state index contributed by atoms with van der Waals surface area (Å²) >= 11 is 0. The van der Waals surface area contributed by atoms with Crippen LogP contribution in [0.4, 0.5) is 0 Å². The molecule has 1 aliphatic rings. The van der Waals surface area contributed by atoms with E-state index in [4.69, 9.17) is 5.41 Å². The lowest BCUT2D eigenvalue weighted by atomic mass is 10.5. The molecule has 1 aliphatic heterocycles. The van der Waals surface area contributed by atoms with Gasteiger partial charge in [-0.25, -0.2) is 0 Å². The lowest BCUT2D eigenvalue weighted by molar-refractivity contribution is 0.321. The Bertz CT molecular complexity index is 160. The van der Waals surface area contributed by atoms with Gasteiger partial charge in [0.25, 0.3) is 0 Å². The molecule has 0 aromatic rings. The van der Waals surface area contributed by atoms with Gasteiger partial charge in [-0.1, -0.05) is 20.8 Å². The molecule has 0 saturated carbocycles. The maximum absolute atomic E-state index is 7.31. The lowest BCUT2D eigenvalue weighted by Crippen LogP contribution is -2.26. The minimum atomic E-state index is 0.630. The Balaban J connectivity index is 0.000000265. The van der Waals surface area contributed by atoms with Gasteiger partial charge in [-0.2, -0.15) is 0 Å². The van der Waals surface area contributed by atoms with Crippen molar-refractivity contribution in [2.24, 2.45) is 0 Å². The molecule has 1 saturated heterocycles. The predicted octanol–water partition coefficient (Wildman–Crippen LogP) is 1.15. The van der Waals surface area contributed by atoms with Crippen molar-refractivity contribution in [1.82, 2.24) is 14.7 Å². The average molecular weight is 214 g/mol. The Labute approximate surface area is 94.4 Å². The van der Waals surface area contributed by atoms with Gasteiger partial charge in [0.15, 0.2) is 5.96 Å². The summed E-state index contributed by atoms with van der Waals surface area (Å²) in [4.78, 5) is 6.24. The second kappa shape index (κ2) is 7.51. The topological polar surface area (TPSA) is 33.6 Å². The number of guanidine groups is 1. The second-order valence-corrected chi connectivity index (χ2v) is 3.79. The molecular formula is C11H26N4. The summed E-state index contributed by atoms with van der Waals surface area (Å²) in [5.41, 5.74) is 0. The van der Waals surface area contributed by atoms with E-state index in [0.717, 1.165) is 13.1 Å². The van der Waals surface area contributed by atoms with E-state index < -0.39 is 0 Å². The fourth-order valence-electron chi connectivity index (χ4n) is 1.47. The molecule has 15 heavy (non-hydrogen) atoms. The third kappa shape index (κ3) is 5.02. The number of nitrogens with zero attached hydrogens (tertiary/aromatic N) is 3. The van der Waals surface area contributed by atoms with Crippen LogP contribution in [-0.2, 0) is 0 Å². The van der Waals surface area contributed by atoms with Gasteiger partial charge in [-0.3, -0.25) is 5.41 Å². The van der Waals surface area contributed by atoms with E-state index in [9.17, 15) is 0 Å². The molecule has 1 fully saturated rings. The van der Waals surface area contributed by atoms with Crippen LogP contribution in [0, 0.1) is 5.41 Å². The molecule has 0 amide bonds. The third-order valence-electron chi connectivity index (χ3n) is 2.84. The van der Waals surface area contributed by atoms with Crippen molar-refractivity contribution in [3.8, 4) is 0 Å². The number of hydrogen-bond donors (Lipinski definition) is 1. The number of rotatable bonds is 3. The Morgan fingerprint density at radius 3 is 1.40 bits per heavy atom. The molecule has 0 aliphatic carbocycles. The van der Waals surface area contributed by atoms with E-state index in [1.165, 1.54) is 19.6 Å². The molecule has 0 aromatic carbocycles. The summed E-state index contributed by atoms with van der Waals surface area (Å²) in [6, 6.07) is 0. The first-order valence-electron chi connectivity index (χ1n) is 5.79. The van der Waals surface area contributed by atoms with Gasteiger partial charge in [0.05, 0.1) is 0 Å². The minimum Gasteiger partial charge on any atom is -0.344 e. The second-order valence-electron chi connectivity index (χ2n) is 3.79. The summed E-state index contributed by atoms with van der Waals surface area (Å²) in [7, 11) is 3.87. The highest BCUT2D eigenvalue weighted by Crippen LogP contribution is 1.99. The van der Waals surface area contributed by atoms with Gasteiger partial charge in [0.1, 0.15) is 0 Å². The van der Waals surface area contributed by atoms with Gasteiger partial charge in [0, 0.05) is 27.2 Å². The van der Waals surface area contributed by atoms with Crippen molar-refractivity contribution in [3.05, 3.63) is 0 Å². The Kier molecular flexibility index (Phi) is 7.13. The Morgan fingerprint density at radius 2 is 1.33 bits per heavy atom. The Morgan fingerprint density at radius 1 is 1.00 bits per heavy atom. The van der Waals surface area contributed by atoms with Gasteiger partial charge >= 0.3 is 0 Å². The van der Waals surface area contributed by atoms with Crippen molar-refractivity contribution in [2.45, 2.75) is 20.8 Å². The van der Waals surface area contributed by atoms with Crippen LogP contribution in [0.3, 0.4) is 0 Å². The predicted molar refractivity (Wildman–Crippen MR) is 66.4 cm³/mol. The smallest absolute Gasteiger partial charge is 0.193 e. The van der Waals surface area contributed by atoms with Crippen molar-refractivity contribution < 1.29 is 0 Å². The number of hydrogen-bond acceptors (Lipinski definition) is 2. The van der Waals surface area contributed by atoms with Crippen molar-refractivity contribution >= 4 is 5.96 Å². The van der Waals surface area contributed by atoms with Gasteiger partial charge in [0.2, 0.25) is 0 Å². The van der Waals surface area contributed by atoms with Crippen molar-refractivity contribution in [1.29, 1.82) is 5.41 Å². The number of likely N-dealkylation sites (N-methyl/N-ethyl adjacent to an activating group) is 2. The van der Waals surface area contributed by atoms with E-state index in [1.807, 2.05) is 23.9 Å². The molecule has 90 valence electrons. The molecular weight excluding hydrogens is 188 g/mol. The van der Waals surface area contributed by atoms with Gasteiger partial charge in [-0.15, -0.1) is 0 Å². The van der Waals surface area contributed by atoms with Crippen molar-refractivity contribution in [3.63, 3.8) is 0 Å². The van der Waals surface area contributed by atoms with Crippen LogP contribution in [0.15, 0.2) is 0 Å². The van der Waals surface area contributed by atoms with Crippen LogP contribution >= 0.6 is 0 Å². The van der Waals surface area contributed by atoms with Crippen LogP contribution in [0.5, 0.6) is 0 Å². The highest BCUT2D eigenvalue weighted by Gasteiger charge is 2.16. The molecule has 0 radical (unpaired) electrons. The summed E-state index contributed by atoms with van der Waals surface area (Å²) in [6.07, 6.45) is 0. The standard InChI is InChI=1S/C6H15N.C5H11N3/c1-4-7(5-2)6-3;1-7-3-4-8(2)5(7)6/h4-6H2,1-3H3;6H,3-4H2,1-2H3. The summed E-state index contributed by atoms with van der Waals surface area (Å²) in [5.74, 6) is 0.630. The van der Waals surface area contributed by atoms with E-state index in [-0.39, 0.29) is 0 Å². The molecule has 0 atom stereocenters. The molecule has 0 spiro atoms. The summed E-state index contributed by atoms with van der Waals surface area (Å²) < 4.78 is 0. The molecule has 0 aromatic heterocycles. The lowest BCUT2D eigenvalue weighted by Gasteiger charge is -2.13. The van der Waals surface area contributed by atoms with E-state index in [1.54, 1.807) is 0 Å². The number of nitrogens with one attached hydrogen (secondary N) is 1. The maximum Gasteiger partial charge on any atom is 0.193 e. The zero-order chi connectivity index (χ0) is 11.8. The fraction of sp³-hybridized carbons (Fsp3) is 0.909. The third-order valence-corrected chi connectivity index (χ3v) is 2.84. The first kappa shape index (κ1) is 14.2. The van der Waals surface area contributed by atoms with E-state index in [0.29, 0.717) is 5.96 Å². The molecule has 1 N–H and O–H groups in total. The van der Waals surface area contributed by atoms with Gasteiger partial charge < -0.3 is 14.7 Å². The van der Waals surface area contributed by atoms with Crippen molar-refractivity contribution in [2.75, 3.05) is 46.8 Å². The average Bonchev–Trinajstić information content (AvgIpc) is 2.53. The van der Waals surface area contributed by atoms with Gasteiger partial charge in [-0.05, 0) is 19.6 Å². The Hall–Kier alpha value is -0.770.